The number of halogens is 2. The van der Waals surface area contributed by atoms with Gasteiger partial charge in [-0.1, -0.05) is 12.1 Å². The highest BCUT2D eigenvalue weighted by Gasteiger charge is 2.26. The molecule has 0 aliphatic heterocycles. The number of rotatable bonds is 10. The molecule has 22 heavy (non-hydrogen) atoms. The Bertz CT molecular complexity index is 524. The highest BCUT2D eigenvalue weighted by atomic mass is 35.5. The van der Waals surface area contributed by atoms with Gasteiger partial charge in [-0.25, -0.2) is 10.2 Å². The van der Waals surface area contributed by atoms with Crippen LogP contribution in [0.1, 0.15) is 5.56 Å². The summed E-state index contributed by atoms with van der Waals surface area (Å²) in [5.41, 5.74) is 6.56. The predicted octanol–water partition coefficient (Wildman–Crippen LogP) is 3.00. The summed E-state index contributed by atoms with van der Waals surface area (Å²) in [4.78, 5) is 10.1. The molecule has 1 unspecified atom stereocenters. The smallest absolute Gasteiger partial charge is 0.306 e. The first-order valence-electron chi connectivity index (χ1n) is 6.54. The summed E-state index contributed by atoms with van der Waals surface area (Å²) in [6.07, 6.45) is 0.439. The van der Waals surface area contributed by atoms with E-state index in [1.54, 1.807) is 12.1 Å². The van der Waals surface area contributed by atoms with E-state index >= 15 is 0 Å². The first kappa shape index (κ1) is 19.4. The van der Waals surface area contributed by atoms with Crippen LogP contribution in [0.15, 0.2) is 24.3 Å². The molecule has 0 aliphatic rings. The van der Waals surface area contributed by atoms with Crippen LogP contribution >= 0.6 is 30.9 Å². The van der Waals surface area contributed by atoms with Gasteiger partial charge in [-0.3, -0.25) is 14.7 Å². The van der Waals surface area contributed by atoms with Gasteiger partial charge in [0.25, 0.3) is 5.69 Å². The summed E-state index contributed by atoms with van der Waals surface area (Å²) >= 11 is 11.3. The first-order chi connectivity index (χ1) is 10.4. The van der Waals surface area contributed by atoms with E-state index in [1.807, 2.05) is 0 Å². The normalized spacial score (nSPS) is 14.0. The van der Waals surface area contributed by atoms with Gasteiger partial charge >= 0.3 is 7.67 Å². The minimum Gasteiger partial charge on any atom is -0.306 e. The predicted molar refractivity (Wildman–Crippen MR) is 87.6 cm³/mol. The molecule has 0 saturated heterocycles. The van der Waals surface area contributed by atoms with Crippen molar-refractivity contribution in [3.05, 3.63) is 39.9 Å². The second kappa shape index (κ2) is 9.45. The molecule has 0 fully saturated rings. The van der Waals surface area contributed by atoms with Crippen molar-refractivity contribution in [2.24, 2.45) is 5.50 Å². The molecule has 0 aromatic heterocycles. The number of nitrogens with two attached hydrogens (primary N) is 1. The first-order valence-corrected chi connectivity index (χ1v) is 9.26. The van der Waals surface area contributed by atoms with E-state index in [0.29, 0.717) is 19.5 Å². The second-order valence-electron chi connectivity index (χ2n) is 4.40. The fourth-order valence-electron chi connectivity index (χ4n) is 1.75. The van der Waals surface area contributed by atoms with E-state index < -0.39 is 12.6 Å². The Kier molecular flexibility index (Phi) is 8.31. The molecule has 0 saturated carbocycles. The summed E-state index contributed by atoms with van der Waals surface area (Å²) in [6, 6.07) is 6.06. The van der Waals surface area contributed by atoms with Crippen LogP contribution in [0.25, 0.3) is 0 Å². The maximum atomic E-state index is 12.3. The average Bonchev–Trinajstić information content (AvgIpc) is 2.47. The monoisotopic (exact) mass is 369 g/mol. The van der Waals surface area contributed by atoms with Gasteiger partial charge in [0.1, 0.15) is 0 Å². The zero-order chi connectivity index (χ0) is 16.6. The molecule has 0 bridgehead atoms. The topological polar surface area (TPSA) is 98.7 Å². The minimum absolute atomic E-state index is 0.0181. The van der Waals surface area contributed by atoms with Crippen molar-refractivity contribution in [2.45, 2.75) is 6.42 Å². The number of nitro groups is 1. The Morgan fingerprint density at radius 3 is 2.23 bits per heavy atom. The highest BCUT2D eigenvalue weighted by Crippen LogP contribution is 2.42. The summed E-state index contributed by atoms with van der Waals surface area (Å²) in [5, 5.41) is 10.6. The van der Waals surface area contributed by atoms with Gasteiger partial charge in [-0.2, -0.15) is 0 Å². The SMILES string of the molecule is NP(=O)(OCCc1ccc([N+](=O)[O-])cc1)N(CCCl)CCCl. The third-order valence-electron chi connectivity index (χ3n) is 2.89. The van der Waals surface area contributed by atoms with Crippen LogP contribution in [0.4, 0.5) is 5.69 Å². The van der Waals surface area contributed by atoms with Gasteiger partial charge in [0.15, 0.2) is 0 Å². The lowest BCUT2D eigenvalue weighted by atomic mass is 10.1. The quantitative estimate of drug-likeness (QED) is 0.294. The fraction of sp³-hybridized carbons (Fsp3) is 0.500. The zero-order valence-electron chi connectivity index (χ0n) is 11.9. The van der Waals surface area contributed by atoms with Gasteiger partial charge in [0.2, 0.25) is 0 Å². The number of benzene rings is 1. The molecule has 2 N–H and O–H groups in total. The van der Waals surface area contributed by atoms with Crippen molar-refractivity contribution in [2.75, 3.05) is 31.5 Å². The van der Waals surface area contributed by atoms with Crippen molar-refractivity contribution in [3.8, 4) is 0 Å². The van der Waals surface area contributed by atoms with Crippen LogP contribution in [0.3, 0.4) is 0 Å². The van der Waals surface area contributed by atoms with E-state index in [4.69, 9.17) is 33.2 Å². The molecule has 1 atom stereocenters. The lowest BCUT2D eigenvalue weighted by molar-refractivity contribution is -0.384. The maximum absolute atomic E-state index is 12.3. The van der Waals surface area contributed by atoms with E-state index in [2.05, 4.69) is 0 Å². The maximum Gasteiger partial charge on any atom is 0.340 e. The van der Waals surface area contributed by atoms with Gasteiger partial charge in [0.05, 0.1) is 11.5 Å². The van der Waals surface area contributed by atoms with Crippen molar-refractivity contribution in [1.29, 1.82) is 0 Å². The third kappa shape index (κ3) is 6.20. The Labute approximate surface area is 139 Å². The molecule has 10 heteroatoms. The molecule has 0 amide bonds. The number of nitrogens with zero attached hydrogens (tertiary/aromatic N) is 2. The van der Waals surface area contributed by atoms with Crippen molar-refractivity contribution >= 4 is 36.6 Å². The minimum atomic E-state index is -3.44. The molecule has 1 rings (SSSR count). The van der Waals surface area contributed by atoms with Crippen molar-refractivity contribution in [3.63, 3.8) is 0 Å². The fourth-order valence-corrected chi connectivity index (χ4v) is 3.66. The molecule has 0 radical (unpaired) electrons. The summed E-state index contributed by atoms with van der Waals surface area (Å²) in [7, 11) is -3.44. The van der Waals surface area contributed by atoms with Crippen molar-refractivity contribution in [1.82, 2.24) is 4.67 Å². The molecular formula is C12H18Cl2N3O4P. The Hall–Kier alpha value is -0.690. The van der Waals surface area contributed by atoms with E-state index in [-0.39, 0.29) is 24.1 Å². The molecule has 1 aromatic rings. The molecular weight excluding hydrogens is 352 g/mol. The third-order valence-corrected chi connectivity index (χ3v) is 4.97. The summed E-state index contributed by atoms with van der Waals surface area (Å²) < 4.78 is 19.0. The standard InChI is InChI=1S/C12H18Cl2N3O4P/c13-6-8-16(9-7-14)22(15,20)21-10-5-11-1-3-12(4-2-11)17(18)19/h1-4H,5-10H2,(H2,15,20). The second-order valence-corrected chi connectivity index (χ2v) is 7.11. The lowest BCUT2D eigenvalue weighted by Gasteiger charge is -2.26. The largest absolute Gasteiger partial charge is 0.340 e. The van der Waals surface area contributed by atoms with Gasteiger partial charge in [0, 0.05) is 37.0 Å². The molecule has 0 spiro atoms. The van der Waals surface area contributed by atoms with Crippen molar-refractivity contribution < 1.29 is 14.0 Å². The number of alkyl halides is 2. The van der Waals surface area contributed by atoms with E-state index in [9.17, 15) is 14.7 Å². The molecule has 0 heterocycles. The van der Waals surface area contributed by atoms with Crippen LogP contribution < -0.4 is 5.50 Å². The van der Waals surface area contributed by atoms with Crippen LogP contribution in [0.5, 0.6) is 0 Å². The molecule has 1 aromatic carbocycles. The average molecular weight is 370 g/mol. The number of non-ortho nitro benzene ring substituents is 1. The van der Waals surface area contributed by atoms with Gasteiger partial charge in [-0.15, -0.1) is 23.2 Å². The number of hydrogen-bond donors (Lipinski definition) is 1. The van der Waals surface area contributed by atoms with Crippen LogP contribution in [0, 0.1) is 10.1 Å². The summed E-state index contributed by atoms with van der Waals surface area (Å²) in [6.45, 7) is 0.770. The highest BCUT2D eigenvalue weighted by molar-refractivity contribution is 7.53. The molecule has 7 nitrogen and oxygen atoms in total. The summed E-state index contributed by atoms with van der Waals surface area (Å²) in [5.74, 6) is 0.535. The number of hydrogen-bond acceptors (Lipinski definition) is 4. The Morgan fingerprint density at radius 1 is 1.23 bits per heavy atom. The number of nitro benzene ring substituents is 1. The van der Waals surface area contributed by atoms with Gasteiger partial charge in [-0.05, 0) is 12.0 Å². The van der Waals surface area contributed by atoms with Crippen LogP contribution in [-0.2, 0) is 15.5 Å². The van der Waals surface area contributed by atoms with E-state index in [0.717, 1.165) is 5.56 Å². The zero-order valence-corrected chi connectivity index (χ0v) is 14.3. The van der Waals surface area contributed by atoms with Crippen LogP contribution in [0.2, 0.25) is 0 Å². The van der Waals surface area contributed by atoms with Crippen LogP contribution in [-0.4, -0.2) is 41.1 Å². The van der Waals surface area contributed by atoms with Gasteiger partial charge < -0.3 is 4.52 Å². The molecule has 0 aliphatic carbocycles. The lowest BCUT2D eigenvalue weighted by Crippen LogP contribution is -2.29. The molecule has 124 valence electrons. The Morgan fingerprint density at radius 2 is 1.77 bits per heavy atom. The Balaban J connectivity index is 2.53. The van der Waals surface area contributed by atoms with E-state index in [1.165, 1.54) is 16.8 Å².